The normalized spacial score (nSPS) is 21.8. The average molecular weight is 332 g/mol. The Balaban J connectivity index is 1.44. The number of fused-ring (bicyclic) bond motifs is 1. The van der Waals surface area contributed by atoms with Gasteiger partial charge in [-0.05, 0) is 36.8 Å². The van der Waals surface area contributed by atoms with E-state index in [4.69, 9.17) is 4.74 Å². The Hall–Kier alpha value is -2.68. The Morgan fingerprint density at radius 2 is 1.80 bits per heavy atom. The Bertz CT molecular complexity index is 851. The zero-order valence-corrected chi connectivity index (χ0v) is 14.0. The van der Waals surface area contributed by atoms with Crippen LogP contribution in [0.3, 0.4) is 0 Å². The van der Waals surface area contributed by atoms with Crippen molar-refractivity contribution in [3.8, 4) is 0 Å². The van der Waals surface area contributed by atoms with Crippen molar-refractivity contribution in [2.45, 2.75) is 32.3 Å². The summed E-state index contributed by atoms with van der Waals surface area (Å²) in [5, 5.41) is 0. The van der Waals surface area contributed by atoms with Crippen molar-refractivity contribution in [1.82, 2.24) is 0 Å². The summed E-state index contributed by atoms with van der Waals surface area (Å²) in [6.07, 6.45) is 4.72. The standard InChI is InChI=1S/C22H20O3/c23-20-19-9-5-4-8-17(19)10-12-22(20)13-11-18(14-22)21(24)25-15-16-6-2-1-3-7-16/h1-9,11H,10,12-15H2/t22-/m1/s1. The minimum absolute atomic E-state index is 0.177. The van der Waals surface area contributed by atoms with E-state index in [9.17, 15) is 9.59 Å². The largest absolute Gasteiger partial charge is 0.457 e. The maximum absolute atomic E-state index is 13.0. The molecule has 0 unspecified atom stereocenters. The van der Waals surface area contributed by atoms with Gasteiger partial charge in [0.15, 0.2) is 5.78 Å². The number of carbonyl (C=O) groups excluding carboxylic acids is 2. The average Bonchev–Trinajstić information content (AvgIpc) is 3.09. The van der Waals surface area contributed by atoms with Crippen LogP contribution in [0.4, 0.5) is 0 Å². The number of hydrogen-bond acceptors (Lipinski definition) is 3. The first-order valence-corrected chi connectivity index (χ1v) is 8.71. The van der Waals surface area contributed by atoms with Crippen LogP contribution in [0, 0.1) is 5.41 Å². The van der Waals surface area contributed by atoms with Gasteiger partial charge in [0.05, 0.1) is 0 Å². The van der Waals surface area contributed by atoms with Gasteiger partial charge in [-0.1, -0.05) is 60.7 Å². The van der Waals surface area contributed by atoms with Crippen molar-refractivity contribution in [3.63, 3.8) is 0 Å². The Morgan fingerprint density at radius 1 is 1.04 bits per heavy atom. The van der Waals surface area contributed by atoms with E-state index in [-0.39, 0.29) is 18.4 Å². The second kappa shape index (κ2) is 6.32. The summed E-state index contributed by atoms with van der Waals surface area (Å²) in [4.78, 5) is 25.4. The number of hydrogen-bond donors (Lipinski definition) is 0. The number of esters is 1. The number of rotatable bonds is 3. The van der Waals surface area contributed by atoms with Gasteiger partial charge in [0, 0.05) is 16.6 Å². The number of carbonyl (C=O) groups is 2. The first-order chi connectivity index (χ1) is 12.2. The molecule has 0 saturated heterocycles. The van der Waals surface area contributed by atoms with Gasteiger partial charge in [-0.25, -0.2) is 4.79 Å². The van der Waals surface area contributed by atoms with Crippen LogP contribution >= 0.6 is 0 Å². The summed E-state index contributed by atoms with van der Waals surface area (Å²) in [6, 6.07) is 17.5. The zero-order chi connectivity index (χ0) is 17.3. The Labute approximate surface area is 147 Å². The van der Waals surface area contributed by atoms with Gasteiger partial charge in [-0.3, -0.25) is 4.79 Å². The molecule has 0 N–H and O–H groups in total. The molecule has 2 aromatic rings. The molecule has 1 atom stereocenters. The lowest BCUT2D eigenvalue weighted by molar-refractivity contribution is -0.140. The van der Waals surface area contributed by atoms with Gasteiger partial charge < -0.3 is 4.74 Å². The van der Waals surface area contributed by atoms with Crippen LogP contribution in [0.5, 0.6) is 0 Å². The van der Waals surface area contributed by atoms with Gasteiger partial charge in [0.25, 0.3) is 0 Å². The molecule has 0 saturated carbocycles. The quantitative estimate of drug-likeness (QED) is 0.789. The fourth-order valence-electron chi connectivity index (χ4n) is 3.90. The number of ether oxygens (including phenoxy) is 1. The Morgan fingerprint density at radius 3 is 2.64 bits per heavy atom. The van der Waals surface area contributed by atoms with Gasteiger partial charge >= 0.3 is 5.97 Å². The summed E-state index contributed by atoms with van der Waals surface area (Å²) in [5.41, 5.74) is 3.10. The highest BCUT2D eigenvalue weighted by molar-refractivity contribution is 6.04. The highest BCUT2D eigenvalue weighted by Gasteiger charge is 2.46. The summed E-state index contributed by atoms with van der Waals surface area (Å²) in [6.45, 7) is 0.265. The smallest absolute Gasteiger partial charge is 0.334 e. The molecule has 0 aliphatic heterocycles. The van der Waals surface area contributed by atoms with Gasteiger partial charge in [-0.2, -0.15) is 0 Å². The first kappa shape index (κ1) is 15.8. The second-order valence-corrected chi connectivity index (χ2v) is 6.94. The van der Waals surface area contributed by atoms with Crippen molar-refractivity contribution >= 4 is 11.8 Å². The van der Waals surface area contributed by atoms with Crippen molar-refractivity contribution < 1.29 is 14.3 Å². The van der Waals surface area contributed by atoms with Crippen molar-refractivity contribution in [1.29, 1.82) is 0 Å². The topological polar surface area (TPSA) is 43.4 Å². The minimum Gasteiger partial charge on any atom is -0.457 e. The van der Waals surface area contributed by atoms with Crippen LogP contribution in [0.1, 0.15) is 40.7 Å². The van der Waals surface area contributed by atoms with Crippen LogP contribution in [0.15, 0.2) is 66.2 Å². The highest BCUT2D eigenvalue weighted by Crippen LogP contribution is 2.47. The van der Waals surface area contributed by atoms with Crippen LogP contribution in [-0.4, -0.2) is 11.8 Å². The number of benzene rings is 2. The zero-order valence-electron chi connectivity index (χ0n) is 14.0. The van der Waals surface area contributed by atoms with E-state index in [0.29, 0.717) is 18.4 Å². The van der Waals surface area contributed by atoms with E-state index in [0.717, 1.165) is 29.5 Å². The molecule has 0 fully saturated rings. The van der Waals surface area contributed by atoms with Crippen molar-refractivity contribution in [2.24, 2.45) is 5.41 Å². The third-order valence-corrected chi connectivity index (χ3v) is 5.36. The minimum atomic E-state index is -0.449. The number of ketones is 1. The van der Waals surface area contributed by atoms with Crippen LogP contribution in [0.2, 0.25) is 0 Å². The molecule has 4 rings (SSSR count). The summed E-state index contributed by atoms with van der Waals surface area (Å²) >= 11 is 0. The molecule has 2 aromatic carbocycles. The van der Waals surface area contributed by atoms with E-state index in [1.165, 1.54) is 0 Å². The molecule has 0 bridgehead atoms. The third-order valence-electron chi connectivity index (χ3n) is 5.36. The van der Waals surface area contributed by atoms with Gasteiger partial charge in [-0.15, -0.1) is 0 Å². The second-order valence-electron chi connectivity index (χ2n) is 6.94. The maximum Gasteiger partial charge on any atom is 0.334 e. The molecule has 25 heavy (non-hydrogen) atoms. The predicted molar refractivity (Wildman–Crippen MR) is 95.1 cm³/mol. The van der Waals surface area contributed by atoms with E-state index in [2.05, 4.69) is 0 Å². The summed E-state index contributed by atoms with van der Waals surface area (Å²) in [5.74, 6) is -0.121. The Kier molecular flexibility index (Phi) is 4.00. The summed E-state index contributed by atoms with van der Waals surface area (Å²) < 4.78 is 5.43. The molecule has 0 amide bonds. The molecular weight excluding hydrogens is 312 g/mol. The van der Waals surface area contributed by atoms with Crippen molar-refractivity contribution in [2.75, 3.05) is 0 Å². The molecule has 0 radical (unpaired) electrons. The lowest BCUT2D eigenvalue weighted by Gasteiger charge is -2.33. The first-order valence-electron chi connectivity index (χ1n) is 8.71. The number of aryl methyl sites for hydroxylation is 1. The molecule has 0 aromatic heterocycles. The van der Waals surface area contributed by atoms with Crippen LogP contribution in [-0.2, 0) is 22.6 Å². The fourth-order valence-corrected chi connectivity index (χ4v) is 3.90. The molecule has 2 aliphatic rings. The van der Waals surface area contributed by atoms with Crippen LogP contribution < -0.4 is 0 Å². The lowest BCUT2D eigenvalue weighted by Crippen LogP contribution is -2.34. The fraction of sp³-hybridized carbons (Fsp3) is 0.273. The number of allylic oxidation sites excluding steroid dienone is 1. The molecular formula is C22H20O3. The monoisotopic (exact) mass is 332 g/mol. The maximum atomic E-state index is 13.0. The molecule has 3 heteroatoms. The molecule has 2 aliphatic carbocycles. The third kappa shape index (κ3) is 2.91. The van der Waals surface area contributed by atoms with E-state index < -0.39 is 5.41 Å². The van der Waals surface area contributed by atoms with Crippen molar-refractivity contribution in [3.05, 3.63) is 82.9 Å². The molecule has 0 heterocycles. The summed E-state index contributed by atoms with van der Waals surface area (Å²) in [7, 11) is 0. The molecule has 3 nitrogen and oxygen atoms in total. The lowest BCUT2D eigenvalue weighted by atomic mass is 9.68. The van der Waals surface area contributed by atoms with Gasteiger partial charge in [0.1, 0.15) is 6.61 Å². The van der Waals surface area contributed by atoms with Gasteiger partial charge in [0.2, 0.25) is 0 Å². The van der Waals surface area contributed by atoms with E-state index in [1.807, 2.05) is 60.7 Å². The highest BCUT2D eigenvalue weighted by atomic mass is 16.5. The van der Waals surface area contributed by atoms with Crippen LogP contribution in [0.25, 0.3) is 0 Å². The molecule has 1 spiro atoms. The molecule has 126 valence electrons. The number of Topliss-reactive ketones (excluding diaryl/α,β-unsaturated/α-hetero) is 1. The SMILES string of the molecule is O=C(OCc1ccccc1)C1=CC[C@]2(CCc3ccccc3C2=O)C1. The van der Waals surface area contributed by atoms with E-state index >= 15 is 0 Å². The predicted octanol–water partition coefficient (Wildman–Crippen LogP) is 4.27. The van der Waals surface area contributed by atoms with E-state index in [1.54, 1.807) is 0 Å².